The number of benzene rings is 1. The van der Waals surface area contributed by atoms with Crippen LogP contribution in [0.15, 0.2) is 77.6 Å². The van der Waals surface area contributed by atoms with Gasteiger partial charge < -0.3 is 15.7 Å². The number of pyridine rings is 1. The third kappa shape index (κ3) is 3.55. The van der Waals surface area contributed by atoms with E-state index in [1.807, 2.05) is 30.5 Å². The molecule has 3 aromatic heterocycles. The first-order valence-corrected chi connectivity index (χ1v) is 10.5. The quantitative estimate of drug-likeness (QED) is 0.451. The van der Waals surface area contributed by atoms with Crippen LogP contribution in [-0.2, 0) is 4.79 Å². The van der Waals surface area contributed by atoms with Gasteiger partial charge in [0, 0.05) is 22.3 Å². The Morgan fingerprint density at radius 3 is 2.87 bits per heavy atom. The molecule has 8 nitrogen and oxygen atoms in total. The molecule has 1 amide bonds. The maximum atomic E-state index is 13.3. The number of nitrogens with zero attached hydrogens (tertiary/aromatic N) is 4. The summed E-state index contributed by atoms with van der Waals surface area (Å²) < 4.78 is 1.72. The molecule has 4 heterocycles. The van der Waals surface area contributed by atoms with E-state index in [0.29, 0.717) is 34.3 Å². The Balaban J connectivity index is 1.58. The van der Waals surface area contributed by atoms with Crippen LogP contribution in [0.3, 0.4) is 0 Å². The van der Waals surface area contributed by atoms with E-state index in [1.54, 1.807) is 58.7 Å². The van der Waals surface area contributed by atoms with Crippen molar-refractivity contribution in [3.8, 4) is 17.1 Å². The molecule has 0 radical (unpaired) electrons. The van der Waals surface area contributed by atoms with Gasteiger partial charge in [-0.25, -0.2) is 4.68 Å². The Bertz CT molecular complexity index is 1280. The standard InChI is InChI=1S/C22H18N6O2S/c1-13-18(21(30)25-15-6-3-9-23-12-15)19(17-8-4-10-31-17)28-22(24-13)26-20(27-28)14-5-2-7-16(29)11-14/h2-12,19,29H,1H3,(H,25,30)(H,24,26,27). The molecule has 4 aromatic rings. The van der Waals surface area contributed by atoms with E-state index in [0.717, 1.165) is 4.88 Å². The van der Waals surface area contributed by atoms with Crippen molar-refractivity contribution in [2.24, 2.45) is 0 Å². The van der Waals surface area contributed by atoms with Crippen molar-refractivity contribution in [1.29, 1.82) is 0 Å². The zero-order chi connectivity index (χ0) is 21.4. The lowest BCUT2D eigenvalue weighted by Gasteiger charge is -2.27. The number of rotatable bonds is 4. The molecule has 1 atom stereocenters. The third-order valence-electron chi connectivity index (χ3n) is 4.93. The highest BCUT2D eigenvalue weighted by molar-refractivity contribution is 7.10. The average Bonchev–Trinajstić information content (AvgIpc) is 3.43. The van der Waals surface area contributed by atoms with Gasteiger partial charge in [-0.2, -0.15) is 4.98 Å². The summed E-state index contributed by atoms with van der Waals surface area (Å²) in [4.78, 5) is 22.9. The summed E-state index contributed by atoms with van der Waals surface area (Å²) in [6.07, 6.45) is 3.26. The summed E-state index contributed by atoms with van der Waals surface area (Å²) in [7, 11) is 0. The van der Waals surface area contributed by atoms with Gasteiger partial charge in [-0.05, 0) is 42.6 Å². The number of phenolic OH excluding ortho intramolecular Hbond substituents is 1. The fourth-order valence-electron chi connectivity index (χ4n) is 3.56. The number of aromatic hydroxyl groups is 1. The van der Waals surface area contributed by atoms with Gasteiger partial charge >= 0.3 is 0 Å². The lowest BCUT2D eigenvalue weighted by molar-refractivity contribution is -0.113. The normalized spacial score (nSPS) is 15.3. The minimum Gasteiger partial charge on any atom is -0.508 e. The highest BCUT2D eigenvalue weighted by Crippen LogP contribution is 2.38. The van der Waals surface area contributed by atoms with Crippen LogP contribution in [0.5, 0.6) is 5.75 Å². The number of carbonyl (C=O) groups excluding carboxylic acids is 1. The first-order chi connectivity index (χ1) is 15.1. The molecule has 5 rings (SSSR count). The largest absolute Gasteiger partial charge is 0.508 e. The number of hydrogen-bond acceptors (Lipinski definition) is 7. The molecule has 154 valence electrons. The monoisotopic (exact) mass is 430 g/mol. The minimum absolute atomic E-state index is 0.138. The number of carbonyl (C=O) groups is 1. The van der Waals surface area contributed by atoms with E-state index < -0.39 is 6.04 Å². The number of amides is 1. The van der Waals surface area contributed by atoms with Crippen molar-refractivity contribution < 1.29 is 9.90 Å². The van der Waals surface area contributed by atoms with Gasteiger partial charge in [-0.1, -0.05) is 18.2 Å². The van der Waals surface area contributed by atoms with Crippen LogP contribution in [0, 0.1) is 0 Å². The number of hydrogen-bond donors (Lipinski definition) is 3. The van der Waals surface area contributed by atoms with Crippen LogP contribution in [-0.4, -0.2) is 30.8 Å². The molecule has 1 unspecified atom stereocenters. The molecule has 1 aliphatic heterocycles. The molecule has 1 aromatic carbocycles. The van der Waals surface area contributed by atoms with E-state index in [-0.39, 0.29) is 11.7 Å². The fourth-order valence-corrected chi connectivity index (χ4v) is 4.38. The number of allylic oxidation sites excluding steroid dienone is 1. The summed E-state index contributed by atoms with van der Waals surface area (Å²) in [6.45, 7) is 1.85. The highest BCUT2D eigenvalue weighted by Gasteiger charge is 2.35. The highest BCUT2D eigenvalue weighted by atomic mass is 32.1. The van der Waals surface area contributed by atoms with Crippen LogP contribution < -0.4 is 10.6 Å². The molecule has 3 N–H and O–H groups in total. The number of anilines is 2. The van der Waals surface area contributed by atoms with Gasteiger partial charge in [0.2, 0.25) is 5.95 Å². The molecule has 0 bridgehead atoms. The van der Waals surface area contributed by atoms with Crippen LogP contribution >= 0.6 is 11.3 Å². The molecule has 9 heteroatoms. The number of nitrogens with one attached hydrogen (secondary N) is 2. The first kappa shape index (κ1) is 19.0. The topological polar surface area (TPSA) is 105 Å². The zero-order valence-corrected chi connectivity index (χ0v) is 17.3. The first-order valence-electron chi connectivity index (χ1n) is 9.58. The van der Waals surface area contributed by atoms with E-state index in [9.17, 15) is 9.90 Å². The Labute approximate surface area is 181 Å². The number of thiophene rings is 1. The average molecular weight is 430 g/mol. The SMILES string of the molecule is CC1=C(C(=O)Nc2cccnc2)C(c2cccs2)n2nc(-c3cccc(O)c3)nc2N1. The summed E-state index contributed by atoms with van der Waals surface area (Å²) in [6, 6.07) is 13.8. The molecule has 1 aliphatic rings. The van der Waals surface area contributed by atoms with Gasteiger partial charge in [-0.3, -0.25) is 9.78 Å². The van der Waals surface area contributed by atoms with Crippen LogP contribution in [0.2, 0.25) is 0 Å². The predicted octanol–water partition coefficient (Wildman–Crippen LogP) is 4.03. The van der Waals surface area contributed by atoms with Gasteiger partial charge in [0.1, 0.15) is 11.8 Å². The van der Waals surface area contributed by atoms with E-state index >= 15 is 0 Å². The molecule has 0 fully saturated rings. The molecular formula is C22H18N6O2S. The van der Waals surface area contributed by atoms with E-state index in [1.165, 1.54) is 0 Å². The lowest BCUT2D eigenvalue weighted by Crippen LogP contribution is -2.31. The van der Waals surface area contributed by atoms with Crippen molar-refractivity contribution in [2.45, 2.75) is 13.0 Å². The van der Waals surface area contributed by atoms with Crippen LogP contribution in [0.4, 0.5) is 11.6 Å². The Morgan fingerprint density at radius 1 is 1.23 bits per heavy atom. The summed E-state index contributed by atoms with van der Waals surface area (Å²) in [5, 5.41) is 22.6. The van der Waals surface area contributed by atoms with E-state index in [2.05, 4.69) is 25.7 Å². The summed E-state index contributed by atoms with van der Waals surface area (Å²) >= 11 is 1.55. The zero-order valence-electron chi connectivity index (χ0n) is 16.5. The van der Waals surface area contributed by atoms with Crippen molar-refractivity contribution >= 4 is 28.9 Å². The van der Waals surface area contributed by atoms with Crippen molar-refractivity contribution in [3.05, 3.63) is 82.5 Å². The minimum atomic E-state index is -0.438. The van der Waals surface area contributed by atoms with Crippen molar-refractivity contribution in [2.75, 3.05) is 10.6 Å². The maximum absolute atomic E-state index is 13.3. The summed E-state index contributed by atoms with van der Waals surface area (Å²) in [5.41, 5.74) is 2.54. The molecule has 31 heavy (non-hydrogen) atoms. The predicted molar refractivity (Wildman–Crippen MR) is 119 cm³/mol. The second-order valence-electron chi connectivity index (χ2n) is 7.03. The summed E-state index contributed by atoms with van der Waals surface area (Å²) in [5.74, 6) is 0.893. The molecule has 0 spiro atoms. The van der Waals surface area contributed by atoms with E-state index in [4.69, 9.17) is 0 Å². The molecular weight excluding hydrogens is 412 g/mol. The van der Waals surface area contributed by atoms with Gasteiger partial charge in [-0.15, -0.1) is 16.4 Å². The second kappa shape index (κ2) is 7.69. The second-order valence-corrected chi connectivity index (χ2v) is 8.01. The van der Waals surface area contributed by atoms with Gasteiger partial charge in [0.05, 0.1) is 17.5 Å². The van der Waals surface area contributed by atoms with Crippen LogP contribution in [0.1, 0.15) is 17.8 Å². The molecule has 0 saturated heterocycles. The van der Waals surface area contributed by atoms with Crippen molar-refractivity contribution in [3.63, 3.8) is 0 Å². The number of fused-ring (bicyclic) bond motifs is 1. The Hall–Kier alpha value is -3.98. The Morgan fingerprint density at radius 2 is 2.13 bits per heavy atom. The third-order valence-corrected chi connectivity index (χ3v) is 5.86. The molecule has 0 saturated carbocycles. The molecule has 0 aliphatic carbocycles. The van der Waals surface area contributed by atoms with Crippen LogP contribution in [0.25, 0.3) is 11.4 Å². The van der Waals surface area contributed by atoms with Gasteiger partial charge in [0.15, 0.2) is 5.82 Å². The van der Waals surface area contributed by atoms with Gasteiger partial charge in [0.25, 0.3) is 5.91 Å². The maximum Gasteiger partial charge on any atom is 0.255 e. The lowest BCUT2D eigenvalue weighted by atomic mass is 10.0. The smallest absolute Gasteiger partial charge is 0.255 e. The fraction of sp³-hybridized carbons (Fsp3) is 0.0909. The number of phenols is 1. The van der Waals surface area contributed by atoms with Crippen molar-refractivity contribution in [1.82, 2.24) is 19.7 Å². The Kier molecular flexibility index (Phi) is 4.72. The number of aromatic nitrogens is 4.